The van der Waals surface area contributed by atoms with E-state index in [0.29, 0.717) is 18.1 Å². The third-order valence-electron chi connectivity index (χ3n) is 4.51. The van der Waals surface area contributed by atoms with E-state index in [-0.39, 0.29) is 6.61 Å². The van der Waals surface area contributed by atoms with Gasteiger partial charge in [-0.05, 0) is 51.3 Å². The van der Waals surface area contributed by atoms with Gasteiger partial charge in [0.15, 0.2) is 5.65 Å². The number of nitrogens with two attached hydrogens (primary N) is 1. The van der Waals surface area contributed by atoms with Crippen molar-refractivity contribution >= 4 is 11.7 Å². The van der Waals surface area contributed by atoms with Crippen LogP contribution in [0.1, 0.15) is 38.6 Å². The number of imidazole rings is 1. The Bertz CT molecular complexity index is 1030. The third kappa shape index (κ3) is 4.82. The van der Waals surface area contributed by atoms with Gasteiger partial charge in [0.25, 0.3) is 0 Å². The van der Waals surface area contributed by atoms with E-state index in [9.17, 15) is 4.79 Å². The van der Waals surface area contributed by atoms with Crippen molar-refractivity contribution in [1.29, 1.82) is 0 Å². The summed E-state index contributed by atoms with van der Waals surface area (Å²) in [4.78, 5) is 20.5. The second-order valence-electron chi connectivity index (χ2n) is 7.93. The second kappa shape index (κ2) is 8.06. The molecule has 3 aromatic rings. The molecule has 3 heterocycles. The van der Waals surface area contributed by atoms with E-state index < -0.39 is 11.7 Å². The first-order chi connectivity index (χ1) is 13.7. The fourth-order valence-electron chi connectivity index (χ4n) is 3.53. The molecule has 0 fully saturated rings. The van der Waals surface area contributed by atoms with E-state index in [4.69, 9.17) is 15.2 Å². The molecule has 0 radical (unpaired) electrons. The Morgan fingerprint density at radius 2 is 2.00 bits per heavy atom. The number of nitrogens with zero attached hydrogens (tertiary/aromatic N) is 4. The van der Waals surface area contributed by atoms with Crippen molar-refractivity contribution < 1.29 is 14.3 Å². The number of amides is 1. The van der Waals surface area contributed by atoms with E-state index >= 15 is 0 Å². The molecule has 3 rings (SSSR count). The van der Waals surface area contributed by atoms with Gasteiger partial charge in [-0.25, -0.2) is 19.3 Å². The Hall–Kier alpha value is -3.16. The lowest BCUT2D eigenvalue weighted by Crippen LogP contribution is -2.41. The number of hydrogen-bond donors (Lipinski definition) is 1. The molecule has 2 N–H and O–H groups in total. The first-order valence-corrected chi connectivity index (χ1v) is 9.57. The minimum Gasteiger partial charge on any atom is -0.488 e. The van der Waals surface area contributed by atoms with E-state index in [0.717, 1.165) is 28.3 Å². The van der Waals surface area contributed by atoms with E-state index in [2.05, 4.69) is 28.9 Å². The van der Waals surface area contributed by atoms with Crippen molar-refractivity contribution in [2.24, 2.45) is 11.7 Å². The zero-order valence-electron chi connectivity index (χ0n) is 17.5. The molecule has 0 spiro atoms. The fraction of sp³-hybridized carbons (Fsp3) is 0.429. The Labute approximate surface area is 170 Å². The molecule has 29 heavy (non-hydrogen) atoms. The molecule has 1 amide bonds. The highest BCUT2D eigenvalue weighted by Crippen LogP contribution is 2.28. The summed E-state index contributed by atoms with van der Waals surface area (Å²) in [6, 6.07) is 5.64. The normalized spacial score (nSPS) is 13.4. The van der Waals surface area contributed by atoms with Gasteiger partial charge in [-0.3, -0.25) is 0 Å². The molecule has 154 valence electrons. The fourth-order valence-corrected chi connectivity index (χ4v) is 3.53. The van der Waals surface area contributed by atoms with Gasteiger partial charge < -0.3 is 15.2 Å². The summed E-state index contributed by atoms with van der Waals surface area (Å²) in [7, 11) is 0. The van der Waals surface area contributed by atoms with Gasteiger partial charge in [-0.15, -0.1) is 0 Å². The highest BCUT2D eigenvalue weighted by molar-refractivity contribution is 5.75. The van der Waals surface area contributed by atoms with Crippen molar-refractivity contribution in [3.05, 3.63) is 42.0 Å². The molecule has 8 nitrogen and oxygen atoms in total. The number of fused-ring (bicyclic) bond motifs is 1. The van der Waals surface area contributed by atoms with Crippen molar-refractivity contribution in [2.75, 3.05) is 6.61 Å². The Morgan fingerprint density at radius 3 is 2.66 bits per heavy atom. The molecule has 1 unspecified atom stereocenters. The highest BCUT2D eigenvalue weighted by Gasteiger charge is 2.30. The Morgan fingerprint density at radius 1 is 1.24 bits per heavy atom. The maximum Gasteiger partial charge on any atom is 0.405 e. The van der Waals surface area contributed by atoms with Crippen LogP contribution in [0.25, 0.3) is 16.9 Å². The lowest BCUT2D eigenvalue weighted by atomic mass is 9.95. The summed E-state index contributed by atoms with van der Waals surface area (Å²) in [5.41, 5.74) is 8.48. The number of pyridine rings is 1. The quantitative estimate of drug-likeness (QED) is 0.652. The summed E-state index contributed by atoms with van der Waals surface area (Å²) in [6.07, 6.45) is 3.42. The second-order valence-corrected chi connectivity index (χ2v) is 7.93. The Kier molecular flexibility index (Phi) is 5.72. The van der Waals surface area contributed by atoms with Gasteiger partial charge in [-0.2, -0.15) is 5.10 Å². The number of primary amides is 1. The number of carbonyl (C=O) groups is 1. The molecule has 0 saturated carbocycles. The Balaban J connectivity index is 1.83. The SMILES string of the molecule is Cc1cn2nccc(-c3ccc(OCC(C)(CC(C)C)OC(N)=O)c(C)n3)c2n1. The standard InChI is InChI=1S/C21H27N5O3/c1-13(2)10-21(5,29-20(22)27)12-28-18-7-6-17(25-15(18)4)16-8-9-23-26-11-14(3)24-19(16)26/h6-9,11,13H,10,12H2,1-5H3,(H2,22,27). The lowest BCUT2D eigenvalue weighted by Gasteiger charge is -2.30. The highest BCUT2D eigenvalue weighted by atomic mass is 16.6. The van der Waals surface area contributed by atoms with E-state index in [1.54, 1.807) is 10.7 Å². The van der Waals surface area contributed by atoms with Gasteiger partial charge in [0.1, 0.15) is 18.0 Å². The average molecular weight is 397 g/mol. The maximum absolute atomic E-state index is 11.3. The van der Waals surface area contributed by atoms with Crippen LogP contribution < -0.4 is 10.5 Å². The van der Waals surface area contributed by atoms with Gasteiger partial charge in [-0.1, -0.05) is 13.8 Å². The topological polar surface area (TPSA) is 105 Å². The van der Waals surface area contributed by atoms with Crippen LogP contribution >= 0.6 is 0 Å². The molecule has 0 bridgehead atoms. The number of carbonyl (C=O) groups excluding carboxylic acids is 1. The first kappa shape index (κ1) is 20.6. The van der Waals surface area contributed by atoms with Crippen LogP contribution in [-0.2, 0) is 4.74 Å². The number of aromatic nitrogens is 4. The zero-order valence-corrected chi connectivity index (χ0v) is 17.5. The van der Waals surface area contributed by atoms with Crippen LogP contribution in [0.2, 0.25) is 0 Å². The summed E-state index contributed by atoms with van der Waals surface area (Å²) < 4.78 is 13.0. The summed E-state index contributed by atoms with van der Waals surface area (Å²) in [5.74, 6) is 0.943. The molecule has 0 aliphatic carbocycles. The average Bonchev–Trinajstić information content (AvgIpc) is 2.99. The van der Waals surface area contributed by atoms with Crippen LogP contribution in [0, 0.1) is 19.8 Å². The number of hydrogen-bond acceptors (Lipinski definition) is 6. The summed E-state index contributed by atoms with van der Waals surface area (Å²) in [6.45, 7) is 9.92. The number of aryl methyl sites for hydroxylation is 2. The molecule has 0 aromatic carbocycles. The zero-order chi connectivity index (χ0) is 21.2. The van der Waals surface area contributed by atoms with Gasteiger partial charge in [0.2, 0.25) is 0 Å². The molecule has 8 heteroatoms. The lowest BCUT2D eigenvalue weighted by molar-refractivity contribution is -0.0188. The van der Waals surface area contributed by atoms with Crippen LogP contribution in [0.15, 0.2) is 30.6 Å². The summed E-state index contributed by atoms with van der Waals surface area (Å²) in [5, 5.41) is 4.28. The van der Waals surface area contributed by atoms with Crippen molar-refractivity contribution in [3.63, 3.8) is 0 Å². The van der Waals surface area contributed by atoms with Crippen LogP contribution in [-0.4, -0.2) is 37.9 Å². The van der Waals surface area contributed by atoms with Gasteiger partial charge in [0, 0.05) is 11.8 Å². The largest absolute Gasteiger partial charge is 0.488 e. The molecule has 0 aliphatic heterocycles. The molecule has 0 saturated heterocycles. The summed E-state index contributed by atoms with van der Waals surface area (Å²) >= 11 is 0. The van der Waals surface area contributed by atoms with E-state index in [1.165, 1.54) is 0 Å². The number of rotatable bonds is 7. The van der Waals surface area contributed by atoms with Crippen molar-refractivity contribution in [2.45, 2.75) is 46.6 Å². The predicted octanol–water partition coefficient (Wildman–Crippen LogP) is 3.69. The first-order valence-electron chi connectivity index (χ1n) is 9.57. The van der Waals surface area contributed by atoms with Gasteiger partial charge in [0.05, 0.1) is 23.3 Å². The third-order valence-corrected chi connectivity index (χ3v) is 4.51. The van der Waals surface area contributed by atoms with Crippen molar-refractivity contribution in [3.8, 4) is 17.0 Å². The monoisotopic (exact) mass is 397 g/mol. The van der Waals surface area contributed by atoms with Crippen LogP contribution in [0.5, 0.6) is 5.75 Å². The van der Waals surface area contributed by atoms with Gasteiger partial charge >= 0.3 is 6.09 Å². The predicted molar refractivity (Wildman–Crippen MR) is 110 cm³/mol. The molecule has 3 aromatic heterocycles. The molecular formula is C21H27N5O3. The molecule has 0 aliphatic rings. The maximum atomic E-state index is 11.3. The minimum absolute atomic E-state index is 0.189. The smallest absolute Gasteiger partial charge is 0.405 e. The molecule has 1 atom stereocenters. The van der Waals surface area contributed by atoms with Crippen LogP contribution in [0.4, 0.5) is 4.79 Å². The minimum atomic E-state index is -0.810. The van der Waals surface area contributed by atoms with Crippen molar-refractivity contribution in [1.82, 2.24) is 19.6 Å². The van der Waals surface area contributed by atoms with Crippen LogP contribution in [0.3, 0.4) is 0 Å². The molecular weight excluding hydrogens is 370 g/mol. The number of ether oxygens (including phenoxy) is 2. The van der Waals surface area contributed by atoms with E-state index in [1.807, 2.05) is 45.2 Å².